The van der Waals surface area contributed by atoms with Gasteiger partial charge in [0.15, 0.2) is 0 Å². The molecule has 0 amide bonds. The van der Waals surface area contributed by atoms with Crippen molar-refractivity contribution < 1.29 is 42.3 Å². The predicted molar refractivity (Wildman–Crippen MR) is 252 cm³/mol. The van der Waals surface area contributed by atoms with E-state index in [1.54, 1.807) is 103 Å². The first-order valence-corrected chi connectivity index (χ1v) is 21.8. The van der Waals surface area contributed by atoms with E-state index < -0.39 is 6.72 Å². The number of hydrogen-bond donors (Lipinski definition) is 0. The normalized spacial score (nSPS) is 9.52. The van der Waals surface area contributed by atoms with Crippen LogP contribution in [0.3, 0.4) is 0 Å². The predicted octanol–water partition coefficient (Wildman–Crippen LogP) is 13.0. The topological polar surface area (TPSA) is 208 Å². The maximum absolute atomic E-state index is 10.4. The molecule has 0 fully saturated rings. The number of isocyanates is 5. The Hall–Kier alpha value is -8.44. The third-order valence-electron chi connectivity index (χ3n) is 6.45. The lowest BCUT2D eigenvalue weighted by molar-refractivity contribution is 0.383. The highest BCUT2D eigenvalue weighted by Gasteiger charge is 2.27. The van der Waals surface area contributed by atoms with Crippen LogP contribution in [0.1, 0.15) is 40.5 Å². The van der Waals surface area contributed by atoms with Crippen molar-refractivity contribution in [2.24, 2.45) is 25.0 Å². The Morgan fingerprint density at radius 1 is 0.400 bits per heavy atom. The molecule has 0 saturated heterocycles. The highest BCUT2D eigenvalue weighted by Crippen LogP contribution is 2.50. The summed E-state index contributed by atoms with van der Waals surface area (Å²) in [4.78, 5) is 67.1. The summed E-state index contributed by atoms with van der Waals surface area (Å²) in [7, 11) is 0. The molecule has 15 nitrogen and oxygen atoms in total. The molecule has 0 unspecified atom stereocenters. The Kier molecular flexibility index (Phi) is 29.5. The lowest BCUT2D eigenvalue weighted by Crippen LogP contribution is -2.07. The summed E-state index contributed by atoms with van der Waals surface area (Å²) < 4.78 is 22.4. The Morgan fingerprint density at radius 2 is 0.615 bits per heavy atom. The number of hydrogen-bond acceptors (Lipinski definition) is 16. The van der Waals surface area contributed by atoms with E-state index in [0.717, 1.165) is 0 Å². The molecule has 0 saturated carbocycles. The molecule has 0 N–H and O–H groups in total. The van der Waals surface area contributed by atoms with Crippen molar-refractivity contribution in [3.8, 4) is 29.3 Å². The van der Waals surface area contributed by atoms with Gasteiger partial charge in [-0.15, -0.1) is 5.26 Å². The molecular weight excluding hydrogens is 868 g/mol. The summed E-state index contributed by atoms with van der Waals surface area (Å²) >= 11 is 5.59. The third kappa shape index (κ3) is 25.8. The van der Waals surface area contributed by atoms with Gasteiger partial charge in [0.1, 0.15) is 23.0 Å². The summed E-state index contributed by atoms with van der Waals surface area (Å²) in [5.74, 6) is 1.30. The number of nitriles is 1. The van der Waals surface area contributed by atoms with Gasteiger partial charge >= 0.3 is 6.72 Å². The van der Waals surface area contributed by atoms with Crippen LogP contribution in [-0.2, 0) is 35.8 Å². The molecule has 0 heterocycles. The fourth-order valence-electron chi connectivity index (χ4n) is 4.00. The summed E-state index contributed by atoms with van der Waals surface area (Å²) in [6, 6.07) is 45.4. The van der Waals surface area contributed by atoms with Crippen molar-refractivity contribution in [1.29, 1.82) is 5.26 Å². The van der Waals surface area contributed by atoms with Crippen molar-refractivity contribution in [2.75, 3.05) is 0 Å². The lowest BCUT2D eigenvalue weighted by atomic mass is 10.3. The molecule has 65 heavy (non-hydrogen) atoms. The van der Waals surface area contributed by atoms with Crippen LogP contribution < -0.4 is 18.3 Å². The molecule has 0 aliphatic rings. The fourth-order valence-corrected chi connectivity index (χ4v) is 6.02. The van der Waals surface area contributed by atoms with Crippen LogP contribution in [0.25, 0.3) is 0 Å². The van der Waals surface area contributed by atoms with Gasteiger partial charge in [0.2, 0.25) is 30.4 Å². The number of nitrogens with zero attached hydrogens (tertiary/aromatic N) is 6. The SMILES string of the molecule is CCC.CCC.N#COc1ccc(OP(=S)(Oc2ccc(N=C=O)cc2)Oc2ccc(N=C=O)cc2)cc1.O=C=Nc1ccccc1.O=C=Nc1ccccc1.O=C=Nc1ccccc1. The van der Waals surface area contributed by atoms with Gasteiger partial charge < -0.3 is 18.3 Å². The molecular formula is C48H43N6O9PS. The van der Waals surface area contributed by atoms with Crippen molar-refractivity contribution in [3.63, 3.8) is 0 Å². The summed E-state index contributed by atoms with van der Waals surface area (Å²) in [5.41, 5.74) is 2.72. The number of carbonyl (C=O) groups excluding carboxylic acids is 5. The van der Waals surface area contributed by atoms with E-state index in [9.17, 15) is 24.0 Å². The maximum atomic E-state index is 10.4. The Bertz CT molecular complexity index is 2390. The lowest BCUT2D eigenvalue weighted by Gasteiger charge is -2.23. The standard InChI is InChI=1S/C21H12N3O6PS.3C7H5NO.2C3H8/c22-13-27-18-9-11-21(12-10-18)30-31(32,28-19-5-1-16(2-6-19)23-14-25)29-20-7-3-17(4-8-20)24-15-26;3*9-6-8-7-4-2-1-3-5-7;2*1-3-2/h1-12H;3*1-5H;2*3H2,1-2H3. The van der Waals surface area contributed by atoms with Crippen molar-refractivity contribution in [2.45, 2.75) is 40.5 Å². The quantitative estimate of drug-likeness (QED) is 0.0488. The zero-order valence-electron chi connectivity index (χ0n) is 35.7. The van der Waals surface area contributed by atoms with E-state index in [-0.39, 0.29) is 0 Å². The van der Waals surface area contributed by atoms with E-state index >= 15 is 0 Å². The van der Waals surface area contributed by atoms with Crippen LogP contribution >= 0.6 is 6.72 Å². The molecule has 17 heteroatoms. The second kappa shape index (κ2) is 35.2. The Labute approximate surface area is 382 Å². The second-order valence-electron chi connectivity index (χ2n) is 11.8. The van der Waals surface area contributed by atoms with Gasteiger partial charge in [-0.2, -0.15) is 25.0 Å². The highest BCUT2D eigenvalue weighted by molar-refractivity contribution is 8.08. The number of para-hydroxylation sites is 3. The van der Waals surface area contributed by atoms with E-state index in [0.29, 0.717) is 51.4 Å². The maximum Gasteiger partial charge on any atom is 0.490 e. The minimum atomic E-state index is -3.46. The molecule has 0 radical (unpaired) electrons. The van der Waals surface area contributed by atoms with E-state index in [1.807, 2.05) is 54.6 Å². The van der Waals surface area contributed by atoms with Gasteiger partial charge in [-0.25, -0.2) is 24.0 Å². The minimum Gasteiger partial charge on any atom is -0.407 e. The first-order chi connectivity index (χ1) is 31.7. The molecule has 6 rings (SSSR count). The molecule has 0 bridgehead atoms. The molecule has 0 aromatic heterocycles. The number of aliphatic imine (C=N–C) groups is 5. The van der Waals surface area contributed by atoms with Crippen molar-refractivity contribution in [3.05, 3.63) is 164 Å². The molecule has 6 aromatic rings. The van der Waals surface area contributed by atoms with Crippen LogP contribution in [0.2, 0.25) is 0 Å². The van der Waals surface area contributed by atoms with Crippen LogP contribution in [0.15, 0.2) is 189 Å². The summed E-state index contributed by atoms with van der Waals surface area (Å²) in [6.07, 6.45) is 11.4. The monoisotopic (exact) mass is 910 g/mol. The van der Waals surface area contributed by atoms with Crippen molar-refractivity contribution in [1.82, 2.24) is 0 Å². The van der Waals surface area contributed by atoms with Gasteiger partial charge in [0, 0.05) is 11.8 Å². The molecule has 0 aliphatic heterocycles. The van der Waals surface area contributed by atoms with Gasteiger partial charge in [-0.05, 0) is 109 Å². The highest BCUT2D eigenvalue weighted by atomic mass is 32.5. The smallest absolute Gasteiger partial charge is 0.407 e. The zero-order chi connectivity index (χ0) is 47.8. The van der Waals surface area contributed by atoms with Gasteiger partial charge in [-0.1, -0.05) is 95.1 Å². The summed E-state index contributed by atoms with van der Waals surface area (Å²) in [6.45, 7) is 5.04. The van der Waals surface area contributed by atoms with Gasteiger partial charge in [0.05, 0.1) is 28.4 Å². The van der Waals surface area contributed by atoms with E-state index in [2.05, 4.69) is 52.7 Å². The molecule has 0 aliphatic carbocycles. The average Bonchev–Trinajstić information content (AvgIpc) is 3.31. The van der Waals surface area contributed by atoms with Crippen LogP contribution in [0, 0.1) is 11.5 Å². The summed E-state index contributed by atoms with van der Waals surface area (Å²) in [5, 5.41) is 8.60. The molecule has 0 spiro atoms. The number of benzene rings is 6. The van der Waals surface area contributed by atoms with Crippen molar-refractivity contribution >= 4 is 77.4 Å². The average molecular weight is 911 g/mol. The Morgan fingerprint density at radius 3 is 0.846 bits per heavy atom. The van der Waals surface area contributed by atoms with Gasteiger partial charge in [0.25, 0.3) is 6.26 Å². The first-order valence-electron chi connectivity index (χ1n) is 19.3. The van der Waals surface area contributed by atoms with Crippen LogP contribution in [-0.4, -0.2) is 30.4 Å². The number of rotatable bonds is 12. The minimum absolute atomic E-state index is 0.322. The van der Waals surface area contributed by atoms with E-state index in [1.165, 1.54) is 55.4 Å². The largest absolute Gasteiger partial charge is 0.490 e. The second-order valence-corrected chi connectivity index (χ2v) is 14.6. The van der Waals surface area contributed by atoms with Crippen LogP contribution in [0.4, 0.5) is 28.4 Å². The first kappa shape index (κ1) is 54.6. The Balaban J connectivity index is 0.000000513. The third-order valence-corrected chi connectivity index (χ3v) is 8.43. The molecule has 0 atom stereocenters. The fraction of sp³-hybridized carbons (Fsp3) is 0.125. The molecule has 330 valence electrons. The van der Waals surface area contributed by atoms with Gasteiger partial charge in [-0.3, -0.25) is 0 Å². The van der Waals surface area contributed by atoms with Crippen LogP contribution in [0.5, 0.6) is 23.0 Å². The number of ether oxygens (including phenoxy) is 1. The molecule has 6 aromatic carbocycles. The van der Waals surface area contributed by atoms with E-state index in [4.69, 9.17) is 35.4 Å². The zero-order valence-corrected chi connectivity index (χ0v) is 37.4.